The highest BCUT2D eigenvalue weighted by atomic mass is 19.4. The average molecular weight is 239 g/mol. The molecule has 0 aliphatic carbocycles. The predicted molar refractivity (Wildman–Crippen MR) is 56.4 cm³/mol. The minimum Gasteiger partial charge on any atom is -0.388 e. The summed E-state index contributed by atoms with van der Waals surface area (Å²) in [7, 11) is 0. The van der Waals surface area contributed by atoms with Crippen LogP contribution < -0.4 is 4.74 Å². The van der Waals surface area contributed by atoms with Gasteiger partial charge in [0.25, 0.3) is 0 Å². The van der Waals surface area contributed by atoms with E-state index in [4.69, 9.17) is 0 Å². The van der Waals surface area contributed by atoms with Gasteiger partial charge in [0.15, 0.2) is 0 Å². The fourth-order valence-electron chi connectivity index (χ4n) is 1.39. The second-order valence-electron chi connectivity index (χ2n) is 3.30. The zero-order chi connectivity index (χ0) is 12.3. The predicted octanol–water partition coefficient (Wildman–Crippen LogP) is 3.65. The molecule has 0 spiro atoms. The Morgan fingerprint density at radius 3 is 2.29 bits per heavy atom. The Bertz CT molecular complexity index is 497. The highest BCUT2D eigenvalue weighted by Crippen LogP contribution is 2.25. The molecule has 17 heavy (non-hydrogen) atoms. The summed E-state index contributed by atoms with van der Waals surface area (Å²) in [6, 6.07) is 11.9. The Labute approximate surface area is 95.7 Å². The van der Waals surface area contributed by atoms with Gasteiger partial charge < -0.3 is 4.74 Å². The number of aromatic nitrogens is 1. The normalized spacial score (nSPS) is 11.2. The molecule has 0 radical (unpaired) electrons. The fourth-order valence-corrected chi connectivity index (χ4v) is 1.39. The van der Waals surface area contributed by atoms with Crippen LogP contribution in [0.3, 0.4) is 0 Å². The third-order valence-corrected chi connectivity index (χ3v) is 2.06. The third kappa shape index (κ3) is 3.21. The van der Waals surface area contributed by atoms with E-state index in [1.807, 2.05) is 6.07 Å². The summed E-state index contributed by atoms with van der Waals surface area (Å²) in [6.45, 7) is 0. The number of hydrogen-bond acceptors (Lipinski definition) is 2. The molecule has 1 aromatic heterocycles. The first-order valence-corrected chi connectivity index (χ1v) is 4.82. The van der Waals surface area contributed by atoms with Crippen molar-refractivity contribution in [3.05, 3.63) is 48.7 Å². The molecule has 0 unspecified atom stereocenters. The minimum atomic E-state index is -4.72. The molecule has 1 aromatic carbocycles. The maximum atomic E-state index is 12.0. The lowest BCUT2D eigenvalue weighted by Gasteiger charge is -2.08. The Morgan fingerprint density at radius 1 is 0.941 bits per heavy atom. The second-order valence-corrected chi connectivity index (χ2v) is 3.30. The van der Waals surface area contributed by atoms with E-state index in [-0.39, 0.29) is 0 Å². The number of rotatable bonds is 2. The van der Waals surface area contributed by atoms with E-state index < -0.39 is 12.2 Å². The maximum Gasteiger partial charge on any atom is 0.574 e. The third-order valence-electron chi connectivity index (χ3n) is 2.06. The number of hydrogen-bond donors (Lipinski definition) is 0. The van der Waals surface area contributed by atoms with Gasteiger partial charge in [0, 0.05) is 12.3 Å². The number of ether oxygens (including phenoxy) is 1. The largest absolute Gasteiger partial charge is 0.574 e. The SMILES string of the molecule is FC(F)(F)Oc1cc(-c2ccccc2)ccn1. The molecule has 0 bridgehead atoms. The van der Waals surface area contributed by atoms with Crippen LogP contribution in [-0.4, -0.2) is 11.3 Å². The van der Waals surface area contributed by atoms with Crippen molar-refractivity contribution in [2.45, 2.75) is 6.36 Å². The van der Waals surface area contributed by atoms with Gasteiger partial charge in [-0.3, -0.25) is 0 Å². The smallest absolute Gasteiger partial charge is 0.388 e. The first-order valence-electron chi connectivity index (χ1n) is 4.82. The Balaban J connectivity index is 2.29. The van der Waals surface area contributed by atoms with E-state index in [9.17, 15) is 13.2 Å². The molecule has 0 saturated heterocycles. The number of pyridine rings is 1. The molecule has 2 nitrogen and oxygen atoms in total. The van der Waals surface area contributed by atoms with Gasteiger partial charge in [-0.2, -0.15) is 0 Å². The van der Waals surface area contributed by atoms with Crippen molar-refractivity contribution in [3.8, 4) is 17.0 Å². The Hall–Kier alpha value is -2.04. The lowest BCUT2D eigenvalue weighted by molar-refractivity contribution is -0.276. The van der Waals surface area contributed by atoms with Gasteiger partial charge >= 0.3 is 6.36 Å². The molecule has 0 saturated carbocycles. The van der Waals surface area contributed by atoms with Gasteiger partial charge in [-0.1, -0.05) is 30.3 Å². The maximum absolute atomic E-state index is 12.0. The van der Waals surface area contributed by atoms with E-state index >= 15 is 0 Å². The number of nitrogens with zero attached hydrogens (tertiary/aromatic N) is 1. The van der Waals surface area contributed by atoms with Crippen LogP contribution in [0.5, 0.6) is 5.88 Å². The van der Waals surface area contributed by atoms with E-state index in [0.717, 1.165) is 5.56 Å². The van der Waals surface area contributed by atoms with Gasteiger partial charge in [-0.15, -0.1) is 13.2 Å². The van der Waals surface area contributed by atoms with E-state index in [2.05, 4.69) is 9.72 Å². The van der Waals surface area contributed by atoms with Crippen LogP contribution in [0.25, 0.3) is 11.1 Å². The quantitative estimate of drug-likeness (QED) is 0.798. The van der Waals surface area contributed by atoms with Crippen molar-refractivity contribution in [2.75, 3.05) is 0 Å². The van der Waals surface area contributed by atoms with E-state index in [1.54, 1.807) is 30.3 Å². The van der Waals surface area contributed by atoms with Gasteiger partial charge in [0.1, 0.15) is 0 Å². The molecular weight excluding hydrogens is 231 g/mol. The minimum absolute atomic E-state index is 0.459. The fraction of sp³-hybridized carbons (Fsp3) is 0.0833. The summed E-state index contributed by atoms with van der Waals surface area (Å²) >= 11 is 0. The lowest BCUT2D eigenvalue weighted by Crippen LogP contribution is -2.17. The van der Waals surface area contributed by atoms with Crippen molar-refractivity contribution in [1.29, 1.82) is 0 Å². The lowest BCUT2D eigenvalue weighted by atomic mass is 10.1. The van der Waals surface area contributed by atoms with Crippen LogP contribution in [0.4, 0.5) is 13.2 Å². The monoisotopic (exact) mass is 239 g/mol. The van der Waals surface area contributed by atoms with Crippen molar-refractivity contribution < 1.29 is 17.9 Å². The van der Waals surface area contributed by atoms with Gasteiger partial charge in [-0.05, 0) is 17.2 Å². The highest BCUT2D eigenvalue weighted by molar-refractivity contribution is 5.63. The molecule has 5 heteroatoms. The molecule has 0 amide bonds. The van der Waals surface area contributed by atoms with Gasteiger partial charge in [0.2, 0.25) is 5.88 Å². The Morgan fingerprint density at radius 2 is 1.65 bits per heavy atom. The summed E-state index contributed by atoms with van der Waals surface area (Å²) in [5, 5.41) is 0. The molecule has 0 N–H and O–H groups in total. The summed E-state index contributed by atoms with van der Waals surface area (Å²) in [6.07, 6.45) is -3.44. The molecule has 0 aliphatic rings. The summed E-state index contributed by atoms with van der Waals surface area (Å²) in [5.41, 5.74) is 1.43. The number of alkyl halides is 3. The van der Waals surface area contributed by atoms with Crippen molar-refractivity contribution in [1.82, 2.24) is 4.98 Å². The molecule has 2 rings (SSSR count). The van der Waals surface area contributed by atoms with Crippen LogP contribution in [-0.2, 0) is 0 Å². The van der Waals surface area contributed by atoms with E-state index in [1.165, 1.54) is 12.3 Å². The molecule has 1 heterocycles. The van der Waals surface area contributed by atoms with Crippen molar-refractivity contribution in [2.24, 2.45) is 0 Å². The molecule has 0 atom stereocenters. The summed E-state index contributed by atoms with van der Waals surface area (Å²) in [5.74, 6) is -0.459. The summed E-state index contributed by atoms with van der Waals surface area (Å²) < 4.78 is 39.8. The topological polar surface area (TPSA) is 22.1 Å². The van der Waals surface area contributed by atoms with Crippen LogP contribution in [0.15, 0.2) is 48.7 Å². The molecular formula is C12H8F3NO. The first-order chi connectivity index (χ1) is 8.04. The second kappa shape index (κ2) is 4.45. The van der Waals surface area contributed by atoms with Crippen molar-refractivity contribution >= 4 is 0 Å². The van der Waals surface area contributed by atoms with Crippen LogP contribution >= 0.6 is 0 Å². The van der Waals surface area contributed by atoms with Crippen LogP contribution in [0.2, 0.25) is 0 Å². The standard InChI is InChI=1S/C12H8F3NO/c13-12(14,15)17-11-8-10(6-7-16-11)9-4-2-1-3-5-9/h1-8H. The van der Waals surface area contributed by atoms with E-state index in [0.29, 0.717) is 5.56 Å². The zero-order valence-electron chi connectivity index (χ0n) is 8.61. The Kier molecular flexibility index (Phi) is 2.99. The molecule has 0 aliphatic heterocycles. The van der Waals surface area contributed by atoms with Crippen LogP contribution in [0.1, 0.15) is 0 Å². The molecule has 2 aromatic rings. The summed E-state index contributed by atoms with van der Waals surface area (Å²) in [4.78, 5) is 3.51. The average Bonchev–Trinajstić information content (AvgIpc) is 2.28. The number of benzene rings is 1. The molecule has 0 fully saturated rings. The number of halogens is 3. The van der Waals surface area contributed by atoms with Gasteiger partial charge in [0.05, 0.1) is 0 Å². The first kappa shape index (κ1) is 11.4. The van der Waals surface area contributed by atoms with Crippen LogP contribution in [0, 0.1) is 0 Å². The van der Waals surface area contributed by atoms with Crippen molar-refractivity contribution in [3.63, 3.8) is 0 Å². The molecule has 88 valence electrons. The van der Waals surface area contributed by atoms with Gasteiger partial charge in [-0.25, -0.2) is 4.98 Å². The zero-order valence-corrected chi connectivity index (χ0v) is 8.61. The highest BCUT2D eigenvalue weighted by Gasteiger charge is 2.31.